The molecule has 4 N–H and O–H groups in total. The molecular formula is C50H99NO4. The second-order valence-corrected chi connectivity index (χ2v) is 17.4. The van der Waals surface area contributed by atoms with Gasteiger partial charge in [0.1, 0.15) is 6.10 Å². The van der Waals surface area contributed by atoms with Gasteiger partial charge in [-0.05, 0) is 19.3 Å². The van der Waals surface area contributed by atoms with E-state index < -0.39 is 24.2 Å². The molecule has 0 rings (SSSR count). The number of unbranched alkanes of at least 4 members (excludes halogenated alkanes) is 38. The molecule has 0 aliphatic heterocycles. The number of hydrogen-bond donors (Lipinski definition) is 4. The van der Waals surface area contributed by atoms with Crippen LogP contribution in [-0.2, 0) is 4.79 Å². The van der Waals surface area contributed by atoms with E-state index in [-0.39, 0.29) is 6.61 Å². The Labute approximate surface area is 344 Å². The van der Waals surface area contributed by atoms with Crippen LogP contribution in [0.5, 0.6) is 0 Å². The summed E-state index contributed by atoms with van der Waals surface area (Å²) in [6, 6.07) is -0.792. The maximum Gasteiger partial charge on any atom is 0.249 e. The van der Waals surface area contributed by atoms with Gasteiger partial charge in [-0.1, -0.05) is 270 Å². The van der Waals surface area contributed by atoms with Gasteiger partial charge in [0.2, 0.25) is 5.91 Å². The number of hydrogen-bond acceptors (Lipinski definition) is 4. The lowest BCUT2D eigenvalue weighted by atomic mass is 10.0. The fraction of sp³-hybridized carbons (Fsp3) is 0.940. The van der Waals surface area contributed by atoms with Crippen LogP contribution in [0.15, 0.2) is 12.2 Å². The highest BCUT2D eigenvalue weighted by Crippen LogP contribution is 2.17. The van der Waals surface area contributed by atoms with Gasteiger partial charge in [0, 0.05) is 0 Å². The average Bonchev–Trinajstić information content (AvgIpc) is 3.19. The topological polar surface area (TPSA) is 89.8 Å². The maximum absolute atomic E-state index is 12.5. The Kier molecular flexibility index (Phi) is 45.0. The molecule has 0 saturated heterocycles. The van der Waals surface area contributed by atoms with E-state index in [1.54, 1.807) is 6.08 Å². The number of carbonyl (C=O) groups is 1. The molecule has 0 aliphatic rings. The standard InChI is InChI=1S/C50H99NO4/c1-3-5-7-9-11-13-15-16-17-18-19-20-21-22-23-24-25-26-27-28-29-30-31-32-33-35-37-39-41-43-45-49(54)50(55)51-47(46-52)48(53)44-42-40-38-36-34-14-12-10-8-6-4-2/h42,44,47-49,52-54H,3-41,43,45-46H2,1-2H3,(H,51,55)/b44-42+. The molecular weight excluding hydrogens is 679 g/mol. The highest BCUT2D eigenvalue weighted by atomic mass is 16.3. The summed E-state index contributed by atoms with van der Waals surface area (Å²) < 4.78 is 0. The van der Waals surface area contributed by atoms with Crippen LogP contribution in [0.2, 0.25) is 0 Å². The van der Waals surface area contributed by atoms with Crippen LogP contribution < -0.4 is 5.32 Å². The number of amides is 1. The molecule has 1 amide bonds. The zero-order valence-corrected chi connectivity index (χ0v) is 37.3. The highest BCUT2D eigenvalue weighted by Gasteiger charge is 2.22. The highest BCUT2D eigenvalue weighted by molar-refractivity contribution is 5.80. The van der Waals surface area contributed by atoms with Crippen LogP contribution in [0.25, 0.3) is 0 Å². The number of nitrogens with one attached hydrogen (secondary N) is 1. The molecule has 328 valence electrons. The summed E-state index contributed by atoms with van der Waals surface area (Å²) in [6.07, 6.45) is 55.7. The van der Waals surface area contributed by atoms with Crippen LogP contribution >= 0.6 is 0 Å². The molecule has 0 bridgehead atoms. The van der Waals surface area contributed by atoms with Crippen molar-refractivity contribution in [3.05, 3.63) is 12.2 Å². The Hall–Kier alpha value is -0.910. The molecule has 55 heavy (non-hydrogen) atoms. The third-order valence-corrected chi connectivity index (χ3v) is 11.9. The van der Waals surface area contributed by atoms with E-state index in [0.717, 1.165) is 32.1 Å². The summed E-state index contributed by atoms with van der Waals surface area (Å²) in [5.41, 5.74) is 0. The number of aliphatic hydroxyl groups is 3. The summed E-state index contributed by atoms with van der Waals surface area (Å²) in [7, 11) is 0. The Morgan fingerprint density at radius 3 is 1.00 bits per heavy atom. The second kappa shape index (κ2) is 45.8. The molecule has 0 spiro atoms. The first-order valence-corrected chi connectivity index (χ1v) is 25.0. The van der Waals surface area contributed by atoms with Crippen molar-refractivity contribution in [2.75, 3.05) is 6.61 Å². The predicted octanol–water partition coefficient (Wildman–Crippen LogP) is 14.8. The van der Waals surface area contributed by atoms with Crippen molar-refractivity contribution in [3.63, 3.8) is 0 Å². The molecule has 3 atom stereocenters. The molecule has 0 aromatic carbocycles. The van der Waals surface area contributed by atoms with E-state index in [2.05, 4.69) is 19.2 Å². The van der Waals surface area contributed by atoms with Gasteiger partial charge in [0.15, 0.2) is 0 Å². The van der Waals surface area contributed by atoms with E-state index in [4.69, 9.17) is 0 Å². The van der Waals surface area contributed by atoms with Crippen LogP contribution in [0.4, 0.5) is 0 Å². The van der Waals surface area contributed by atoms with Crippen LogP contribution in [-0.4, -0.2) is 46.1 Å². The SMILES string of the molecule is CCCCCCCCCCC/C=C/C(O)C(CO)NC(=O)C(O)CCCCCCCCCCCCCCCCCCCCCCCCCCCCCCCC. The number of carbonyl (C=O) groups excluding carboxylic acids is 1. The normalized spacial score (nSPS) is 13.5. The Balaban J connectivity index is 3.47. The molecule has 0 heterocycles. The minimum atomic E-state index is -1.09. The number of aliphatic hydroxyl groups excluding tert-OH is 3. The predicted molar refractivity (Wildman–Crippen MR) is 241 cm³/mol. The monoisotopic (exact) mass is 778 g/mol. The van der Waals surface area contributed by atoms with E-state index in [1.165, 1.54) is 225 Å². The fourth-order valence-corrected chi connectivity index (χ4v) is 7.95. The van der Waals surface area contributed by atoms with E-state index >= 15 is 0 Å². The third-order valence-electron chi connectivity index (χ3n) is 11.9. The van der Waals surface area contributed by atoms with Crippen LogP contribution in [0.3, 0.4) is 0 Å². The maximum atomic E-state index is 12.5. The molecule has 0 saturated carbocycles. The lowest BCUT2D eigenvalue weighted by molar-refractivity contribution is -0.131. The molecule has 5 heteroatoms. The summed E-state index contributed by atoms with van der Waals surface area (Å²) in [4.78, 5) is 12.5. The summed E-state index contributed by atoms with van der Waals surface area (Å²) in [6.45, 7) is 4.19. The first-order chi connectivity index (χ1) is 27.1. The fourth-order valence-electron chi connectivity index (χ4n) is 7.95. The van der Waals surface area contributed by atoms with E-state index in [0.29, 0.717) is 6.42 Å². The molecule has 0 aromatic rings. The van der Waals surface area contributed by atoms with E-state index in [1.807, 2.05) is 6.08 Å². The van der Waals surface area contributed by atoms with Gasteiger partial charge >= 0.3 is 0 Å². The van der Waals surface area contributed by atoms with Gasteiger partial charge in [-0.25, -0.2) is 0 Å². The lowest BCUT2D eigenvalue weighted by Crippen LogP contribution is -2.48. The Morgan fingerprint density at radius 1 is 0.436 bits per heavy atom. The van der Waals surface area contributed by atoms with Crippen molar-refractivity contribution in [3.8, 4) is 0 Å². The van der Waals surface area contributed by atoms with Crippen molar-refractivity contribution in [2.24, 2.45) is 0 Å². The first-order valence-electron chi connectivity index (χ1n) is 25.0. The van der Waals surface area contributed by atoms with Gasteiger partial charge in [-0.2, -0.15) is 0 Å². The van der Waals surface area contributed by atoms with Gasteiger partial charge in [0.25, 0.3) is 0 Å². The third kappa shape index (κ3) is 41.1. The lowest BCUT2D eigenvalue weighted by Gasteiger charge is -2.21. The van der Waals surface area contributed by atoms with Crippen molar-refractivity contribution in [2.45, 2.75) is 295 Å². The summed E-state index contributed by atoms with van der Waals surface area (Å²) in [5.74, 6) is -0.499. The molecule has 0 fully saturated rings. The molecule has 5 nitrogen and oxygen atoms in total. The van der Waals surface area contributed by atoms with E-state index in [9.17, 15) is 20.1 Å². The van der Waals surface area contributed by atoms with Crippen molar-refractivity contribution in [1.82, 2.24) is 5.32 Å². The number of allylic oxidation sites excluding steroid dienone is 1. The molecule has 0 aliphatic carbocycles. The smallest absolute Gasteiger partial charge is 0.249 e. The Morgan fingerprint density at radius 2 is 0.709 bits per heavy atom. The Bertz CT molecular complexity index is 773. The summed E-state index contributed by atoms with van der Waals surface area (Å²) in [5, 5.41) is 33.1. The zero-order chi connectivity index (χ0) is 40.1. The largest absolute Gasteiger partial charge is 0.394 e. The van der Waals surface area contributed by atoms with Crippen LogP contribution in [0, 0.1) is 0 Å². The molecule has 0 aromatic heterocycles. The van der Waals surface area contributed by atoms with Crippen molar-refractivity contribution < 1.29 is 20.1 Å². The van der Waals surface area contributed by atoms with Gasteiger partial charge in [-0.15, -0.1) is 0 Å². The number of rotatable bonds is 46. The van der Waals surface area contributed by atoms with Crippen LogP contribution in [0.1, 0.15) is 277 Å². The molecule has 3 unspecified atom stereocenters. The minimum Gasteiger partial charge on any atom is -0.394 e. The van der Waals surface area contributed by atoms with Crippen molar-refractivity contribution in [1.29, 1.82) is 0 Å². The second-order valence-electron chi connectivity index (χ2n) is 17.4. The van der Waals surface area contributed by atoms with Gasteiger partial charge < -0.3 is 20.6 Å². The van der Waals surface area contributed by atoms with Gasteiger partial charge in [-0.3, -0.25) is 4.79 Å². The van der Waals surface area contributed by atoms with Crippen molar-refractivity contribution >= 4 is 5.91 Å². The molecule has 0 radical (unpaired) electrons. The first kappa shape index (κ1) is 54.1. The summed E-state index contributed by atoms with van der Waals surface area (Å²) >= 11 is 0. The zero-order valence-electron chi connectivity index (χ0n) is 37.3. The van der Waals surface area contributed by atoms with Gasteiger partial charge in [0.05, 0.1) is 18.8 Å². The average molecular weight is 778 g/mol. The quantitative estimate of drug-likeness (QED) is 0.0366. The minimum absolute atomic E-state index is 0.359.